The second-order valence-electron chi connectivity index (χ2n) is 5.48. The highest BCUT2D eigenvalue weighted by atomic mass is 79.9. The van der Waals surface area contributed by atoms with E-state index >= 15 is 0 Å². The van der Waals surface area contributed by atoms with Crippen molar-refractivity contribution in [3.63, 3.8) is 0 Å². The molecule has 4 heteroatoms. The van der Waals surface area contributed by atoms with Gasteiger partial charge in [0.2, 0.25) is 0 Å². The molecule has 1 aromatic carbocycles. The van der Waals surface area contributed by atoms with Crippen molar-refractivity contribution in [3.05, 3.63) is 28.7 Å². The average Bonchev–Trinajstić information content (AvgIpc) is 2.42. The molecule has 3 rings (SSSR count). The highest BCUT2D eigenvalue weighted by molar-refractivity contribution is 9.10. The first kappa shape index (κ1) is 13.8. The smallest absolute Gasteiger partial charge is 0.0717 e. The van der Waals surface area contributed by atoms with E-state index in [-0.39, 0.29) is 5.60 Å². The summed E-state index contributed by atoms with van der Waals surface area (Å²) in [5.41, 5.74) is 1.38. The van der Waals surface area contributed by atoms with E-state index in [1.807, 2.05) is 0 Å². The van der Waals surface area contributed by atoms with Gasteiger partial charge in [0.15, 0.2) is 0 Å². The quantitative estimate of drug-likeness (QED) is 0.866. The van der Waals surface area contributed by atoms with Crippen LogP contribution in [-0.4, -0.2) is 29.8 Å². The lowest BCUT2D eigenvalue weighted by atomic mass is 9.85. The molecule has 0 radical (unpaired) electrons. The van der Waals surface area contributed by atoms with Crippen molar-refractivity contribution in [2.24, 2.45) is 0 Å². The summed E-state index contributed by atoms with van der Waals surface area (Å²) < 4.78 is 7.26. The van der Waals surface area contributed by atoms with Gasteiger partial charge in [0.25, 0.3) is 0 Å². The van der Waals surface area contributed by atoms with Gasteiger partial charge in [-0.05, 0) is 61.5 Å². The van der Waals surface area contributed by atoms with Crippen LogP contribution in [0.5, 0.6) is 0 Å². The molecule has 1 unspecified atom stereocenters. The van der Waals surface area contributed by atoms with Crippen LogP contribution in [0.3, 0.4) is 0 Å². The van der Waals surface area contributed by atoms with E-state index in [0.29, 0.717) is 6.04 Å². The number of hydrogen-bond donors (Lipinski definition) is 1. The Morgan fingerprint density at radius 3 is 2.68 bits per heavy atom. The predicted molar refractivity (Wildman–Crippen MR) is 86.0 cm³/mol. The molecule has 0 aromatic heterocycles. The van der Waals surface area contributed by atoms with Gasteiger partial charge < -0.3 is 10.1 Å². The van der Waals surface area contributed by atoms with Crippen LogP contribution in [0.15, 0.2) is 28.7 Å². The summed E-state index contributed by atoms with van der Waals surface area (Å²) in [6.07, 6.45) is 4.71. The Labute approximate surface area is 127 Å². The number of ether oxygens (including phenoxy) is 1. The number of halogens is 1. The van der Waals surface area contributed by atoms with Gasteiger partial charge in [-0.15, -0.1) is 0 Å². The fourth-order valence-electron chi connectivity index (χ4n) is 3.02. The maximum Gasteiger partial charge on any atom is 0.0717 e. The standard InChI is InChI=1S/C15H20BrNOS/c16-12-1-3-13(4-2-12)17-14-5-8-18-15(11-14)6-9-19-10-7-15/h1-4,14,17H,5-11H2. The predicted octanol–water partition coefficient (Wildman–Crippen LogP) is 4.31. The van der Waals surface area contributed by atoms with E-state index < -0.39 is 0 Å². The Morgan fingerprint density at radius 1 is 1.21 bits per heavy atom. The minimum atomic E-state index is 0.163. The van der Waals surface area contributed by atoms with Crippen molar-refractivity contribution in [3.8, 4) is 0 Å². The van der Waals surface area contributed by atoms with Crippen molar-refractivity contribution < 1.29 is 4.74 Å². The molecule has 1 aromatic rings. The summed E-state index contributed by atoms with van der Waals surface area (Å²) in [5, 5.41) is 3.67. The first-order chi connectivity index (χ1) is 9.26. The first-order valence-corrected chi connectivity index (χ1v) is 8.94. The lowest BCUT2D eigenvalue weighted by molar-refractivity contribution is -0.0865. The second kappa shape index (κ2) is 6.06. The molecule has 2 saturated heterocycles. The molecular formula is C15H20BrNOS. The molecule has 2 fully saturated rings. The van der Waals surface area contributed by atoms with Crippen LogP contribution >= 0.6 is 27.7 Å². The number of rotatable bonds is 2. The Bertz CT molecular complexity index is 411. The molecule has 1 N–H and O–H groups in total. The van der Waals surface area contributed by atoms with Gasteiger partial charge >= 0.3 is 0 Å². The zero-order valence-electron chi connectivity index (χ0n) is 11.0. The highest BCUT2D eigenvalue weighted by Gasteiger charge is 2.38. The summed E-state index contributed by atoms with van der Waals surface area (Å²) >= 11 is 5.54. The molecule has 2 nitrogen and oxygen atoms in total. The van der Waals surface area contributed by atoms with Crippen LogP contribution in [0.1, 0.15) is 25.7 Å². The first-order valence-electron chi connectivity index (χ1n) is 7.00. The molecule has 104 valence electrons. The van der Waals surface area contributed by atoms with Crippen LogP contribution in [0.25, 0.3) is 0 Å². The Balaban J connectivity index is 1.63. The number of thioether (sulfide) groups is 1. The van der Waals surface area contributed by atoms with Crippen LogP contribution in [0.2, 0.25) is 0 Å². The Hall–Kier alpha value is -0.190. The molecule has 1 atom stereocenters. The molecule has 0 saturated carbocycles. The molecule has 2 heterocycles. The monoisotopic (exact) mass is 341 g/mol. The van der Waals surface area contributed by atoms with Gasteiger partial charge in [-0.2, -0.15) is 11.8 Å². The number of nitrogens with one attached hydrogen (secondary N) is 1. The maximum atomic E-state index is 6.13. The molecule has 0 aliphatic carbocycles. The third kappa shape index (κ3) is 3.47. The second-order valence-corrected chi connectivity index (χ2v) is 7.63. The van der Waals surface area contributed by atoms with Crippen LogP contribution in [0, 0.1) is 0 Å². The fourth-order valence-corrected chi connectivity index (χ4v) is 4.53. The summed E-state index contributed by atoms with van der Waals surface area (Å²) in [5.74, 6) is 2.51. The molecule has 2 aliphatic rings. The highest BCUT2D eigenvalue weighted by Crippen LogP contribution is 2.38. The van der Waals surface area contributed by atoms with Crippen molar-refractivity contribution in [1.29, 1.82) is 0 Å². The largest absolute Gasteiger partial charge is 0.382 e. The van der Waals surface area contributed by atoms with Gasteiger partial charge in [0.05, 0.1) is 5.60 Å². The lowest BCUT2D eigenvalue weighted by Gasteiger charge is -2.43. The molecule has 2 aliphatic heterocycles. The molecule has 0 amide bonds. The van der Waals surface area contributed by atoms with Crippen molar-refractivity contribution >= 4 is 33.4 Å². The van der Waals surface area contributed by atoms with Gasteiger partial charge in [0, 0.05) is 22.8 Å². The van der Waals surface area contributed by atoms with Gasteiger partial charge in [-0.3, -0.25) is 0 Å². The number of anilines is 1. The zero-order valence-corrected chi connectivity index (χ0v) is 13.4. The van der Waals surface area contributed by atoms with Crippen LogP contribution in [0.4, 0.5) is 5.69 Å². The van der Waals surface area contributed by atoms with E-state index in [0.717, 1.165) is 23.9 Å². The summed E-state index contributed by atoms with van der Waals surface area (Å²) in [6.45, 7) is 0.902. The van der Waals surface area contributed by atoms with Crippen LogP contribution < -0.4 is 5.32 Å². The van der Waals surface area contributed by atoms with Gasteiger partial charge in [-0.25, -0.2) is 0 Å². The third-order valence-corrected chi connectivity index (χ3v) is 5.63. The van der Waals surface area contributed by atoms with E-state index in [9.17, 15) is 0 Å². The third-order valence-electron chi connectivity index (χ3n) is 4.11. The SMILES string of the molecule is Brc1ccc(NC2CCOC3(CCSCC3)C2)cc1. The van der Waals surface area contributed by atoms with Gasteiger partial charge in [0.1, 0.15) is 0 Å². The average molecular weight is 342 g/mol. The van der Waals surface area contributed by atoms with E-state index in [4.69, 9.17) is 4.74 Å². The lowest BCUT2D eigenvalue weighted by Crippen LogP contribution is -2.46. The van der Waals surface area contributed by atoms with E-state index in [1.165, 1.54) is 30.0 Å². The summed E-state index contributed by atoms with van der Waals surface area (Å²) in [6, 6.07) is 9.02. The van der Waals surface area contributed by atoms with E-state index in [2.05, 4.69) is 57.3 Å². The minimum Gasteiger partial charge on any atom is -0.382 e. The Morgan fingerprint density at radius 2 is 1.95 bits per heavy atom. The minimum absolute atomic E-state index is 0.163. The molecule has 0 bridgehead atoms. The number of benzene rings is 1. The topological polar surface area (TPSA) is 21.3 Å². The van der Waals surface area contributed by atoms with Crippen molar-refractivity contribution in [2.75, 3.05) is 23.4 Å². The summed E-state index contributed by atoms with van der Waals surface area (Å²) in [7, 11) is 0. The Kier molecular flexibility index (Phi) is 4.40. The summed E-state index contributed by atoms with van der Waals surface area (Å²) in [4.78, 5) is 0. The van der Waals surface area contributed by atoms with Crippen LogP contribution in [-0.2, 0) is 4.74 Å². The zero-order chi connectivity index (χ0) is 13.1. The van der Waals surface area contributed by atoms with E-state index in [1.54, 1.807) is 0 Å². The molecular weight excluding hydrogens is 322 g/mol. The van der Waals surface area contributed by atoms with Gasteiger partial charge in [-0.1, -0.05) is 15.9 Å². The number of hydrogen-bond acceptors (Lipinski definition) is 3. The normalized spacial score (nSPS) is 26.3. The molecule has 19 heavy (non-hydrogen) atoms. The fraction of sp³-hybridized carbons (Fsp3) is 0.600. The molecule has 1 spiro atoms. The van der Waals surface area contributed by atoms with Crippen molar-refractivity contribution in [1.82, 2.24) is 0 Å². The maximum absolute atomic E-state index is 6.13. The van der Waals surface area contributed by atoms with Crippen molar-refractivity contribution in [2.45, 2.75) is 37.3 Å².